The van der Waals surface area contributed by atoms with Crippen molar-refractivity contribution in [3.8, 4) is 0 Å². The first-order chi connectivity index (χ1) is 15.1. The smallest absolute Gasteiger partial charge is 0.349 e. The standard InChI is InChI=1S/C22H22ClF3N4O2/c1-29-18-3-2-10-27-19(18)30(21(29)32)12-13-4-7-15(8-5-13)28-20(31)16-11-14(22(24,25)26)6-9-17(16)23/h2-3,6,9-11,13,15H,4-5,7-8,12H2,1H3,(H,28,31)/t13-,15-. The number of amides is 1. The molecule has 10 heteroatoms. The number of rotatable bonds is 4. The van der Waals surface area contributed by atoms with E-state index < -0.39 is 17.6 Å². The van der Waals surface area contributed by atoms with Gasteiger partial charge in [0.05, 0.1) is 21.7 Å². The van der Waals surface area contributed by atoms with Crippen LogP contribution >= 0.6 is 11.6 Å². The zero-order valence-corrected chi connectivity index (χ0v) is 18.1. The highest BCUT2D eigenvalue weighted by Gasteiger charge is 2.32. The number of nitrogens with one attached hydrogen (secondary N) is 1. The van der Waals surface area contributed by atoms with Gasteiger partial charge in [0.2, 0.25) is 0 Å². The average Bonchev–Trinajstić information content (AvgIpc) is 2.99. The maximum absolute atomic E-state index is 13.0. The Morgan fingerprint density at radius 1 is 1.22 bits per heavy atom. The van der Waals surface area contributed by atoms with Crippen molar-refractivity contribution in [1.82, 2.24) is 19.4 Å². The third-order valence-electron chi connectivity index (χ3n) is 6.06. The van der Waals surface area contributed by atoms with E-state index in [0.29, 0.717) is 25.0 Å². The van der Waals surface area contributed by atoms with Crippen LogP contribution < -0.4 is 11.0 Å². The molecule has 1 aliphatic rings. The van der Waals surface area contributed by atoms with Gasteiger partial charge in [-0.05, 0) is 61.9 Å². The molecule has 0 spiro atoms. The lowest BCUT2D eigenvalue weighted by Gasteiger charge is -2.29. The number of benzene rings is 1. The summed E-state index contributed by atoms with van der Waals surface area (Å²) < 4.78 is 42.2. The molecule has 0 atom stereocenters. The summed E-state index contributed by atoms with van der Waals surface area (Å²) in [5.74, 6) is -0.371. The molecule has 0 bridgehead atoms. The van der Waals surface area contributed by atoms with E-state index in [0.717, 1.165) is 36.6 Å². The fraction of sp³-hybridized carbons (Fsp3) is 0.409. The minimum absolute atomic E-state index is 0.0213. The summed E-state index contributed by atoms with van der Waals surface area (Å²) in [5, 5.41) is 2.79. The number of carbonyl (C=O) groups is 1. The van der Waals surface area contributed by atoms with Gasteiger partial charge < -0.3 is 5.32 Å². The summed E-state index contributed by atoms with van der Waals surface area (Å²) in [5.41, 5.74) is 0.209. The molecule has 6 nitrogen and oxygen atoms in total. The topological polar surface area (TPSA) is 68.9 Å². The number of hydrogen-bond acceptors (Lipinski definition) is 3. The molecular formula is C22H22ClF3N4O2. The minimum Gasteiger partial charge on any atom is -0.349 e. The number of fused-ring (bicyclic) bond motifs is 1. The number of aromatic nitrogens is 3. The van der Waals surface area contributed by atoms with Gasteiger partial charge >= 0.3 is 11.9 Å². The van der Waals surface area contributed by atoms with Crippen LogP contribution in [0.15, 0.2) is 41.3 Å². The lowest BCUT2D eigenvalue weighted by Crippen LogP contribution is -2.38. The number of halogens is 4. The summed E-state index contributed by atoms with van der Waals surface area (Å²) in [6.45, 7) is 0.535. The molecule has 0 unspecified atom stereocenters. The lowest BCUT2D eigenvalue weighted by molar-refractivity contribution is -0.137. The molecule has 2 aromatic heterocycles. The second-order valence-corrected chi connectivity index (χ2v) is 8.59. The van der Waals surface area contributed by atoms with Gasteiger partial charge in [-0.25, -0.2) is 9.78 Å². The van der Waals surface area contributed by atoms with E-state index in [1.165, 1.54) is 0 Å². The number of alkyl halides is 3. The summed E-state index contributed by atoms with van der Waals surface area (Å²) in [4.78, 5) is 29.5. The second kappa shape index (κ2) is 8.61. The average molecular weight is 467 g/mol. The van der Waals surface area contributed by atoms with E-state index in [-0.39, 0.29) is 28.2 Å². The molecule has 4 rings (SSSR count). The molecule has 0 aliphatic heterocycles. The highest BCUT2D eigenvalue weighted by atomic mass is 35.5. The van der Waals surface area contributed by atoms with Gasteiger partial charge in [0, 0.05) is 25.8 Å². The fourth-order valence-corrected chi connectivity index (χ4v) is 4.49. The zero-order chi connectivity index (χ0) is 23.0. The number of nitrogens with zero attached hydrogens (tertiary/aromatic N) is 3. The van der Waals surface area contributed by atoms with E-state index in [1.807, 2.05) is 6.07 Å². The SMILES string of the molecule is Cn1c(=O)n(C[C@H]2CC[C@H](NC(=O)c3cc(C(F)(F)F)ccc3Cl)CC2)c2ncccc21. The van der Waals surface area contributed by atoms with Crippen LogP contribution in [0.1, 0.15) is 41.6 Å². The van der Waals surface area contributed by atoms with E-state index in [2.05, 4.69) is 10.3 Å². The van der Waals surface area contributed by atoms with Crippen molar-refractivity contribution < 1.29 is 18.0 Å². The van der Waals surface area contributed by atoms with Crippen molar-refractivity contribution in [1.29, 1.82) is 0 Å². The molecule has 1 N–H and O–H groups in total. The summed E-state index contributed by atoms with van der Waals surface area (Å²) in [7, 11) is 1.72. The molecule has 0 radical (unpaired) electrons. The second-order valence-electron chi connectivity index (χ2n) is 8.18. The Labute approximate surface area is 187 Å². The third kappa shape index (κ3) is 4.39. The van der Waals surface area contributed by atoms with E-state index in [9.17, 15) is 22.8 Å². The molecule has 1 amide bonds. The van der Waals surface area contributed by atoms with Crippen molar-refractivity contribution in [2.45, 2.75) is 44.4 Å². The van der Waals surface area contributed by atoms with Crippen LogP contribution in [0.3, 0.4) is 0 Å². The molecule has 32 heavy (non-hydrogen) atoms. The first-order valence-corrected chi connectivity index (χ1v) is 10.7. The Hall–Kier alpha value is -2.81. The maximum atomic E-state index is 13.0. The first kappa shape index (κ1) is 22.4. The van der Waals surface area contributed by atoms with Crippen LogP contribution in [0.4, 0.5) is 13.2 Å². The molecular weight excluding hydrogens is 445 g/mol. The van der Waals surface area contributed by atoms with Crippen molar-refractivity contribution in [3.05, 3.63) is 63.2 Å². The Balaban J connectivity index is 1.40. The molecule has 2 heterocycles. The Morgan fingerprint density at radius 2 is 1.94 bits per heavy atom. The molecule has 1 saturated carbocycles. The van der Waals surface area contributed by atoms with Gasteiger partial charge in [-0.1, -0.05) is 11.6 Å². The first-order valence-electron chi connectivity index (χ1n) is 10.3. The van der Waals surface area contributed by atoms with Crippen LogP contribution in [0, 0.1) is 5.92 Å². The molecule has 1 aliphatic carbocycles. The normalized spacial score (nSPS) is 19.3. The van der Waals surface area contributed by atoms with Crippen molar-refractivity contribution in [2.75, 3.05) is 0 Å². The summed E-state index contributed by atoms with van der Waals surface area (Å²) >= 11 is 5.97. The van der Waals surface area contributed by atoms with Gasteiger partial charge in [-0.3, -0.25) is 13.9 Å². The van der Waals surface area contributed by atoms with Crippen LogP contribution in [-0.2, 0) is 19.8 Å². The quantitative estimate of drug-likeness (QED) is 0.619. The predicted octanol–water partition coefficient (Wildman–Crippen LogP) is 4.40. The highest BCUT2D eigenvalue weighted by Crippen LogP contribution is 2.32. The van der Waals surface area contributed by atoms with Gasteiger partial charge in [-0.15, -0.1) is 0 Å². The number of pyridine rings is 1. The monoisotopic (exact) mass is 466 g/mol. The van der Waals surface area contributed by atoms with E-state index >= 15 is 0 Å². The number of hydrogen-bond donors (Lipinski definition) is 1. The van der Waals surface area contributed by atoms with Gasteiger partial charge in [0.15, 0.2) is 5.65 Å². The van der Waals surface area contributed by atoms with E-state index in [4.69, 9.17) is 11.6 Å². The van der Waals surface area contributed by atoms with Gasteiger partial charge in [0.1, 0.15) is 0 Å². The van der Waals surface area contributed by atoms with Crippen LogP contribution in [-0.4, -0.2) is 26.1 Å². The fourth-order valence-electron chi connectivity index (χ4n) is 4.28. The highest BCUT2D eigenvalue weighted by molar-refractivity contribution is 6.33. The predicted molar refractivity (Wildman–Crippen MR) is 115 cm³/mol. The van der Waals surface area contributed by atoms with Crippen molar-refractivity contribution >= 4 is 28.7 Å². The van der Waals surface area contributed by atoms with Crippen LogP contribution in [0.25, 0.3) is 11.2 Å². The Bertz CT molecular complexity index is 1210. The van der Waals surface area contributed by atoms with Crippen LogP contribution in [0.2, 0.25) is 5.02 Å². The number of carbonyl (C=O) groups excluding carboxylic acids is 1. The minimum atomic E-state index is -4.55. The number of aryl methyl sites for hydroxylation is 1. The molecule has 3 aromatic rings. The number of imidazole rings is 1. The Kier molecular flexibility index (Phi) is 6.03. The molecule has 1 aromatic carbocycles. The van der Waals surface area contributed by atoms with Crippen molar-refractivity contribution in [3.63, 3.8) is 0 Å². The molecule has 170 valence electrons. The van der Waals surface area contributed by atoms with Gasteiger partial charge in [0.25, 0.3) is 5.91 Å². The molecule has 1 fully saturated rings. The third-order valence-corrected chi connectivity index (χ3v) is 6.39. The van der Waals surface area contributed by atoms with Gasteiger partial charge in [-0.2, -0.15) is 13.2 Å². The Morgan fingerprint density at radius 3 is 2.62 bits per heavy atom. The molecule has 0 saturated heterocycles. The summed E-state index contributed by atoms with van der Waals surface area (Å²) in [6, 6.07) is 6.21. The zero-order valence-electron chi connectivity index (χ0n) is 17.3. The summed E-state index contributed by atoms with van der Waals surface area (Å²) in [6.07, 6.45) is -0.0103. The van der Waals surface area contributed by atoms with Crippen LogP contribution in [0.5, 0.6) is 0 Å². The maximum Gasteiger partial charge on any atom is 0.416 e. The lowest BCUT2D eigenvalue weighted by atomic mass is 9.86. The largest absolute Gasteiger partial charge is 0.416 e. The van der Waals surface area contributed by atoms with E-state index in [1.54, 1.807) is 28.4 Å². The van der Waals surface area contributed by atoms with Crippen molar-refractivity contribution in [2.24, 2.45) is 13.0 Å².